The molecular weight excluding hydrogens is 228 g/mol. The quantitative estimate of drug-likeness (QED) is 0.193. The smallest absolute Gasteiger partial charge is 0.366 e. The Labute approximate surface area is 92.1 Å². The fraction of sp³-hybridized carbons (Fsp3) is 0. The molecule has 0 aliphatic rings. The molecule has 0 amide bonds. The van der Waals surface area contributed by atoms with Gasteiger partial charge in [-0.2, -0.15) is 4.68 Å². The summed E-state index contributed by atoms with van der Waals surface area (Å²) in [5, 5.41) is 15.5. The Balaban J connectivity index is 2.66. The highest BCUT2D eigenvalue weighted by atomic mass is 15.6. The van der Waals surface area contributed by atoms with Crippen LogP contribution in [0.1, 0.15) is 0 Å². The molecule has 0 aliphatic carbocycles. The van der Waals surface area contributed by atoms with Crippen LogP contribution in [0.15, 0.2) is 0 Å². The van der Waals surface area contributed by atoms with Crippen LogP contribution in [0.4, 0.5) is 11.9 Å². The molecule has 0 fully saturated rings. The summed E-state index contributed by atoms with van der Waals surface area (Å²) in [5.74, 6) is 11.5. The molecule has 12 nitrogen and oxygen atoms in total. The zero-order valence-electron chi connectivity index (χ0n) is 8.44. The molecule has 0 unspecified atom stereocenters. The Morgan fingerprint density at radius 2 is 1.88 bits per heavy atom. The van der Waals surface area contributed by atoms with Crippen LogP contribution in [0.3, 0.4) is 0 Å². The Bertz CT molecular complexity index is 736. The number of fused-ring (bicyclic) bond motifs is 2. The highest BCUT2D eigenvalue weighted by Crippen LogP contribution is 2.00. The average molecular weight is 237 g/mol. The summed E-state index contributed by atoms with van der Waals surface area (Å²) in [6.45, 7) is 0. The second-order valence-corrected chi connectivity index (χ2v) is 3.32. The molecule has 3 aromatic rings. The maximum atomic E-state index is 7.86. The zero-order valence-corrected chi connectivity index (χ0v) is 8.44. The molecule has 17 heavy (non-hydrogen) atoms. The molecule has 0 aromatic carbocycles. The molecule has 0 bridgehead atoms. The molecule has 0 spiro atoms. The maximum absolute atomic E-state index is 7.86. The van der Waals surface area contributed by atoms with Crippen LogP contribution >= 0.6 is 0 Å². The lowest BCUT2D eigenvalue weighted by atomic mass is 10.9. The van der Waals surface area contributed by atoms with Gasteiger partial charge in [-0.15, -0.1) is 14.3 Å². The third-order valence-electron chi connectivity index (χ3n) is 2.31. The second-order valence-electron chi connectivity index (χ2n) is 3.32. The predicted molar refractivity (Wildman–Crippen MR) is 54.9 cm³/mol. The first-order valence-electron chi connectivity index (χ1n) is 4.43. The number of hydrogen-bond donors (Lipinski definition) is 5. The molecule has 0 atom stereocenters. The summed E-state index contributed by atoms with van der Waals surface area (Å²) in [7, 11) is 0. The molecule has 0 saturated heterocycles. The van der Waals surface area contributed by atoms with E-state index in [9.17, 15) is 0 Å². The van der Waals surface area contributed by atoms with Crippen molar-refractivity contribution in [1.82, 2.24) is 28.9 Å². The molecule has 3 heterocycles. The minimum absolute atomic E-state index is 0.01000. The molecule has 0 radical (unpaired) electrons. The summed E-state index contributed by atoms with van der Waals surface area (Å²) < 4.78 is 4.30. The number of rotatable bonds is 0. The van der Waals surface area contributed by atoms with Crippen molar-refractivity contribution in [3.8, 4) is 0 Å². The van der Waals surface area contributed by atoms with E-state index in [1.54, 1.807) is 0 Å². The number of nitrogen functional groups attached to an aromatic ring is 4. The fourth-order valence-corrected chi connectivity index (χ4v) is 1.47. The topological polar surface area (TPSA) is 184 Å². The molecule has 0 aliphatic heterocycles. The summed E-state index contributed by atoms with van der Waals surface area (Å²) in [6, 6.07) is 0. The van der Waals surface area contributed by atoms with E-state index in [1.165, 1.54) is 0 Å². The van der Waals surface area contributed by atoms with Crippen molar-refractivity contribution in [3.63, 3.8) is 0 Å². The van der Waals surface area contributed by atoms with E-state index in [-0.39, 0.29) is 29.1 Å². The van der Waals surface area contributed by atoms with Gasteiger partial charge < -0.3 is 23.2 Å². The lowest BCUT2D eigenvalue weighted by molar-refractivity contribution is -0.599. The Morgan fingerprint density at radius 3 is 2.59 bits per heavy atom. The van der Waals surface area contributed by atoms with Gasteiger partial charge in [0.25, 0.3) is 5.62 Å². The third kappa shape index (κ3) is 0.926. The predicted octanol–water partition coefficient (Wildman–Crippen LogP) is -4.46. The van der Waals surface area contributed by atoms with Crippen molar-refractivity contribution in [2.45, 2.75) is 0 Å². The lowest BCUT2D eigenvalue weighted by Gasteiger charge is -1.92. The summed E-state index contributed by atoms with van der Waals surface area (Å²) >= 11 is 0. The molecule has 9 N–H and O–H groups in total. The maximum Gasteiger partial charge on any atom is 0.386 e. The lowest BCUT2D eigenvalue weighted by Crippen LogP contribution is -2.47. The Hall–Kier alpha value is -3.05. The molecule has 0 saturated carbocycles. The largest absolute Gasteiger partial charge is 0.386 e. The van der Waals surface area contributed by atoms with Gasteiger partial charge in [0.15, 0.2) is 0 Å². The van der Waals surface area contributed by atoms with Crippen molar-refractivity contribution >= 4 is 23.5 Å². The van der Waals surface area contributed by atoms with Gasteiger partial charge in [-0.3, -0.25) is 5.41 Å². The minimum Gasteiger partial charge on any atom is -0.366 e. The summed E-state index contributed by atoms with van der Waals surface area (Å²) in [5.41, 5.74) is 10.9. The first-order valence-corrected chi connectivity index (χ1v) is 4.43. The monoisotopic (exact) mass is 237 g/mol. The van der Waals surface area contributed by atoms with E-state index in [4.69, 9.17) is 28.6 Å². The standard InChI is InChI=1S/C5H9N12/c6-1-12-16-3(8)17-5(11-4(16)14(1)9)15(10)2(7)13-17/h8H,9-10H2,(H2,6,12)(H2,7,13)/q+1. The molecular formula is C5H9N12+. The van der Waals surface area contributed by atoms with Crippen LogP contribution in [0.5, 0.6) is 0 Å². The van der Waals surface area contributed by atoms with Gasteiger partial charge in [-0.1, -0.05) is 9.50 Å². The molecule has 88 valence electrons. The highest BCUT2D eigenvalue weighted by molar-refractivity contribution is 5.40. The zero-order chi connectivity index (χ0) is 12.3. The first kappa shape index (κ1) is 9.20. The van der Waals surface area contributed by atoms with Crippen molar-refractivity contribution in [2.75, 3.05) is 23.2 Å². The first-order chi connectivity index (χ1) is 8.00. The number of aromatic nitrogens is 7. The van der Waals surface area contributed by atoms with Crippen molar-refractivity contribution in [3.05, 3.63) is 5.62 Å². The number of anilines is 2. The van der Waals surface area contributed by atoms with Gasteiger partial charge in [0.05, 0.1) is 0 Å². The van der Waals surface area contributed by atoms with Crippen LogP contribution < -0.4 is 33.4 Å². The summed E-state index contributed by atoms with van der Waals surface area (Å²) in [4.78, 5) is 4.08. The Morgan fingerprint density at radius 1 is 1.18 bits per heavy atom. The summed E-state index contributed by atoms with van der Waals surface area (Å²) in [6.07, 6.45) is 0. The van der Waals surface area contributed by atoms with Crippen LogP contribution in [0, 0.1) is 5.41 Å². The van der Waals surface area contributed by atoms with Crippen LogP contribution in [0.25, 0.3) is 11.6 Å². The number of nitrogens with zero attached hydrogens (tertiary/aromatic N) is 7. The van der Waals surface area contributed by atoms with Gasteiger partial charge in [0.1, 0.15) is 0 Å². The third-order valence-corrected chi connectivity index (χ3v) is 2.31. The molecule has 3 rings (SSSR count). The molecule has 12 heteroatoms. The van der Waals surface area contributed by atoms with Crippen molar-refractivity contribution in [1.29, 1.82) is 5.41 Å². The van der Waals surface area contributed by atoms with E-state index >= 15 is 0 Å². The van der Waals surface area contributed by atoms with Crippen molar-refractivity contribution < 1.29 is 4.68 Å². The van der Waals surface area contributed by atoms with E-state index in [0.717, 1.165) is 18.4 Å². The van der Waals surface area contributed by atoms with Crippen LogP contribution in [-0.4, -0.2) is 28.9 Å². The van der Waals surface area contributed by atoms with Gasteiger partial charge >= 0.3 is 17.5 Å². The highest BCUT2D eigenvalue weighted by Gasteiger charge is 2.21. The fourth-order valence-electron chi connectivity index (χ4n) is 1.47. The van der Waals surface area contributed by atoms with E-state index in [1.807, 2.05) is 0 Å². The minimum atomic E-state index is -0.128. The average Bonchev–Trinajstić information content (AvgIpc) is 2.73. The van der Waals surface area contributed by atoms with E-state index in [2.05, 4.69) is 15.2 Å². The Kier molecular flexibility index (Phi) is 1.38. The van der Waals surface area contributed by atoms with Crippen molar-refractivity contribution in [2.24, 2.45) is 0 Å². The van der Waals surface area contributed by atoms with E-state index in [0.29, 0.717) is 0 Å². The van der Waals surface area contributed by atoms with Gasteiger partial charge in [-0.25, -0.2) is 0 Å². The SMILES string of the molecule is N=c1n2nc(N)n(N)c2nc2n1nc(N)[n+]2N. The van der Waals surface area contributed by atoms with Crippen LogP contribution in [0.2, 0.25) is 0 Å². The number of nitrogens with one attached hydrogen (secondary N) is 1. The second kappa shape index (κ2) is 2.55. The molecule has 3 aromatic heterocycles. The van der Waals surface area contributed by atoms with Gasteiger partial charge in [-0.05, 0) is 0 Å². The number of nitrogens with two attached hydrogens (primary N) is 4. The van der Waals surface area contributed by atoms with Gasteiger partial charge in [0.2, 0.25) is 5.95 Å². The normalized spacial score (nSPS) is 11.5. The van der Waals surface area contributed by atoms with E-state index < -0.39 is 0 Å². The van der Waals surface area contributed by atoms with Gasteiger partial charge in [0, 0.05) is 5.10 Å². The number of hydrogen-bond acceptors (Lipinski definition) is 8. The van der Waals surface area contributed by atoms with Crippen LogP contribution in [-0.2, 0) is 0 Å².